The molecule has 1 aliphatic rings. The molecule has 0 aliphatic carbocycles. The number of aliphatic hydroxyl groups excluding tert-OH is 1. The number of hydrogen-bond acceptors (Lipinski definition) is 6. The Morgan fingerprint density at radius 2 is 1.93 bits per heavy atom. The van der Waals surface area contributed by atoms with Crippen LogP contribution < -0.4 is 19.9 Å². The molecule has 3 rings (SSSR count). The minimum Gasteiger partial charge on any atom is -0.497 e. The Balaban J connectivity index is 1.43. The number of benzene rings is 2. The van der Waals surface area contributed by atoms with Gasteiger partial charge in [-0.2, -0.15) is 0 Å². The molecule has 0 bridgehead atoms. The van der Waals surface area contributed by atoms with Gasteiger partial charge in [0, 0.05) is 25.2 Å². The molecule has 1 heterocycles. The number of primary amides is 1. The SMILES string of the molecule is COc1ccc(OC2CCN(CC(O)COc3ccccc3CC(N)=O)C2)cc1. The molecule has 3 N–H and O–H groups in total. The molecule has 1 aliphatic heterocycles. The van der Waals surface area contributed by atoms with E-state index in [1.807, 2.05) is 36.4 Å². The molecule has 1 amide bonds. The van der Waals surface area contributed by atoms with Crippen molar-refractivity contribution in [3.05, 3.63) is 54.1 Å². The number of β-amino-alcohol motifs (C(OH)–C–C–N with tert-alkyl or cyclic N) is 1. The Morgan fingerprint density at radius 3 is 2.66 bits per heavy atom. The highest BCUT2D eigenvalue weighted by Gasteiger charge is 2.25. The highest BCUT2D eigenvalue weighted by Crippen LogP contribution is 2.22. The van der Waals surface area contributed by atoms with Gasteiger partial charge in [-0.3, -0.25) is 9.69 Å². The van der Waals surface area contributed by atoms with Crippen LogP contribution in [-0.4, -0.2) is 61.5 Å². The fourth-order valence-corrected chi connectivity index (χ4v) is 3.42. The molecule has 0 radical (unpaired) electrons. The third-order valence-corrected chi connectivity index (χ3v) is 4.83. The summed E-state index contributed by atoms with van der Waals surface area (Å²) in [6, 6.07) is 14.8. The maximum absolute atomic E-state index is 11.2. The van der Waals surface area contributed by atoms with Crippen LogP contribution in [0.2, 0.25) is 0 Å². The number of amides is 1. The van der Waals surface area contributed by atoms with Gasteiger partial charge in [-0.1, -0.05) is 18.2 Å². The van der Waals surface area contributed by atoms with Crippen molar-refractivity contribution in [2.24, 2.45) is 5.73 Å². The summed E-state index contributed by atoms with van der Waals surface area (Å²) in [6.07, 6.45) is 0.466. The van der Waals surface area contributed by atoms with Crippen molar-refractivity contribution >= 4 is 5.91 Å². The van der Waals surface area contributed by atoms with Crippen molar-refractivity contribution in [2.75, 3.05) is 33.4 Å². The van der Waals surface area contributed by atoms with E-state index in [-0.39, 0.29) is 19.1 Å². The third kappa shape index (κ3) is 6.37. The maximum atomic E-state index is 11.2. The number of nitrogens with two attached hydrogens (primary N) is 1. The predicted octanol–water partition coefficient (Wildman–Crippen LogP) is 1.62. The van der Waals surface area contributed by atoms with Crippen molar-refractivity contribution in [1.29, 1.82) is 0 Å². The number of hydrogen-bond donors (Lipinski definition) is 2. The van der Waals surface area contributed by atoms with E-state index < -0.39 is 12.0 Å². The molecule has 2 unspecified atom stereocenters. The van der Waals surface area contributed by atoms with E-state index in [1.54, 1.807) is 19.2 Å². The van der Waals surface area contributed by atoms with Gasteiger partial charge in [0.05, 0.1) is 13.5 Å². The van der Waals surface area contributed by atoms with Crippen molar-refractivity contribution in [2.45, 2.75) is 25.0 Å². The standard InChI is InChI=1S/C22H28N2O5/c1-27-18-6-8-19(9-7-18)29-20-10-11-24(14-20)13-17(25)15-28-21-5-3-2-4-16(21)12-22(23)26/h2-9,17,20,25H,10-15H2,1H3,(H2,23,26). The summed E-state index contributed by atoms with van der Waals surface area (Å²) >= 11 is 0. The van der Waals surface area contributed by atoms with Gasteiger partial charge in [0.1, 0.15) is 36.1 Å². The van der Waals surface area contributed by atoms with Crippen LogP contribution >= 0.6 is 0 Å². The van der Waals surface area contributed by atoms with E-state index in [0.717, 1.165) is 36.6 Å². The second kappa shape index (κ2) is 10.1. The number of likely N-dealkylation sites (tertiary alicyclic amines) is 1. The van der Waals surface area contributed by atoms with Crippen LogP contribution in [0.15, 0.2) is 48.5 Å². The first-order valence-corrected chi connectivity index (χ1v) is 9.73. The Hall–Kier alpha value is -2.77. The smallest absolute Gasteiger partial charge is 0.221 e. The van der Waals surface area contributed by atoms with Gasteiger partial charge in [-0.15, -0.1) is 0 Å². The summed E-state index contributed by atoms with van der Waals surface area (Å²) in [6.45, 7) is 2.26. The lowest BCUT2D eigenvalue weighted by atomic mass is 10.1. The average molecular weight is 400 g/mol. The second-order valence-electron chi connectivity index (χ2n) is 7.18. The molecule has 2 atom stereocenters. The Bertz CT molecular complexity index is 796. The van der Waals surface area contributed by atoms with E-state index in [2.05, 4.69) is 4.90 Å². The lowest BCUT2D eigenvalue weighted by Gasteiger charge is -2.21. The van der Waals surface area contributed by atoms with Crippen LogP contribution in [0.3, 0.4) is 0 Å². The molecule has 0 spiro atoms. The number of ether oxygens (including phenoxy) is 3. The van der Waals surface area contributed by atoms with Gasteiger partial charge in [-0.05, 0) is 36.8 Å². The Kier molecular flexibility index (Phi) is 7.32. The number of carbonyl (C=O) groups excluding carboxylic acids is 1. The van der Waals surface area contributed by atoms with Gasteiger partial charge < -0.3 is 25.1 Å². The van der Waals surface area contributed by atoms with Crippen LogP contribution in [0.1, 0.15) is 12.0 Å². The number of rotatable bonds is 10. The lowest BCUT2D eigenvalue weighted by Crippen LogP contribution is -2.35. The number of carbonyl (C=O) groups is 1. The summed E-state index contributed by atoms with van der Waals surface area (Å²) in [4.78, 5) is 13.3. The second-order valence-corrected chi connectivity index (χ2v) is 7.18. The van der Waals surface area contributed by atoms with Gasteiger partial charge in [0.25, 0.3) is 0 Å². The summed E-state index contributed by atoms with van der Waals surface area (Å²) in [5.41, 5.74) is 6.00. The number of para-hydroxylation sites is 1. The molecule has 7 nitrogen and oxygen atoms in total. The third-order valence-electron chi connectivity index (χ3n) is 4.83. The molecule has 2 aromatic rings. The zero-order valence-corrected chi connectivity index (χ0v) is 16.6. The summed E-state index contributed by atoms with van der Waals surface area (Å²) < 4.78 is 16.9. The molecular weight excluding hydrogens is 372 g/mol. The van der Waals surface area contributed by atoms with E-state index in [9.17, 15) is 9.90 Å². The summed E-state index contributed by atoms with van der Waals surface area (Å²) in [5.74, 6) is 1.77. The number of nitrogens with zero attached hydrogens (tertiary/aromatic N) is 1. The molecule has 0 saturated carbocycles. The fraction of sp³-hybridized carbons (Fsp3) is 0.409. The van der Waals surface area contributed by atoms with Crippen LogP contribution in [0.4, 0.5) is 0 Å². The monoisotopic (exact) mass is 400 g/mol. The topological polar surface area (TPSA) is 94.2 Å². The molecule has 1 saturated heterocycles. The van der Waals surface area contributed by atoms with Gasteiger partial charge in [0.2, 0.25) is 5.91 Å². The lowest BCUT2D eigenvalue weighted by molar-refractivity contribution is -0.117. The molecule has 1 fully saturated rings. The van der Waals surface area contributed by atoms with Crippen molar-refractivity contribution in [1.82, 2.24) is 4.90 Å². The quantitative estimate of drug-likeness (QED) is 0.629. The predicted molar refractivity (Wildman–Crippen MR) is 109 cm³/mol. The van der Waals surface area contributed by atoms with Gasteiger partial charge in [0.15, 0.2) is 0 Å². The Labute approximate surface area is 171 Å². The molecule has 156 valence electrons. The minimum atomic E-state index is -0.642. The minimum absolute atomic E-state index is 0.0906. The Morgan fingerprint density at radius 1 is 1.21 bits per heavy atom. The van der Waals surface area contributed by atoms with E-state index >= 15 is 0 Å². The molecular formula is C22H28N2O5. The van der Waals surface area contributed by atoms with E-state index in [0.29, 0.717) is 12.3 Å². The number of methoxy groups -OCH3 is 1. The van der Waals surface area contributed by atoms with Gasteiger partial charge >= 0.3 is 0 Å². The highest BCUT2D eigenvalue weighted by molar-refractivity contribution is 5.77. The molecule has 2 aromatic carbocycles. The van der Waals surface area contributed by atoms with Crippen molar-refractivity contribution < 1.29 is 24.1 Å². The van der Waals surface area contributed by atoms with Crippen LogP contribution in [0, 0.1) is 0 Å². The van der Waals surface area contributed by atoms with Crippen LogP contribution in [0.5, 0.6) is 17.2 Å². The zero-order chi connectivity index (χ0) is 20.6. The fourth-order valence-electron chi connectivity index (χ4n) is 3.42. The van der Waals surface area contributed by atoms with E-state index in [1.165, 1.54) is 0 Å². The summed E-state index contributed by atoms with van der Waals surface area (Å²) in [5, 5.41) is 10.4. The van der Waals surface area contributed by atoms with Crippen molar-refractivity contribution in [3.8, 4) is 17.2 Å². The average Bonchev–Trinajstić information content (AvgIpc) is 3.14. The first-order chi connectivity index (χ1) is 14.0. The highest BCUT2D eigenvalue weighted by atomic mass is 16.5. The maximum Gasteiger partial charge on any atom is 0.221 e. The first-order valence-electron chi connectivity index (χ1n) is 9.73. The number of aliphatic hydroxyl groups is 1. The first kappa shape index (κ1) is 21.0. The van der Waals surface area contributed by atoms with Crippen molar-refractivity contribution in [3.63, 3.8) is 0 Å². The largest absolute Gasteiger partial charge is 0.497 e. The van der Waals surface area contributed by atoms with Crippen LogP contribution in [-0.2, 0) is 11.2 Å². The van der Waals surface area contributed by atoms with Gasteiger partial charge in [-0.25, -0.2) is 0 Å². The van der Waals surface area contributed by atoms with E-state index in [4.69, 9.17) is 19.9 Å². The molecule has 29 heavy (non-hydrogen) atoms. The zero-order valence-electron chi connectivity index (χ0n) is 16.6. The molecule has 7 heteroatoms. The molecule has 0 aromatic heterocycles. The van der Waals surface area contributed by atoms with Crippen LogP contribution in [0.25, 0.3) is 0 Å². The summed E-state index contributed by atoms with van der Waals surface area (Å²) in [7, 11) is 1.63. The normalized spacial score (nSPS) is 17.7.